The Kier molecular flexibility index (Phi) is 4.04. The van der Waals surface area contributed by atoms with Crippen LogP contribution in [0, 0.1) is 17.2 Å². The van der Waals surface area contributed by atoms with Crippen LogP contribution in [0.4, 0.5) is 0 Å². The molecule has 1 aromatic carbocycles. The molecule has 2 atom stereocenters. The third kappa shape index (κ3) is 3.00. The molecular formula is C14H17ClN2. The van der Waals surface area contributed by atoms with Gasteiger partial charge < -0.3 is 0 Å². The van der Waals surface area contributed by atoms with Gasteiger partial charge in [-0.15, -0.1) is 0 Å². The molecule has 0 heterocycles. The molecule has 0 bridgehead atoms. The molecule has 0 aliphatic heterocycles. The SMILES string of the molecule is CN(Cc1cccc(Cl)c1)C1CCCC1C#N. The highest BCUT2D eigenvalue weighted by Crippen LogP contribution is 2.29. The van der Waals surface area contributed by atoms with E-state index in [2.05, 4.69) is 24.1 Å². The van der Waals surface area contributed by atoms with Crippen molar-refractivity contribution in [3.63, 3.8) is 0 Å². The summed E-state index contributed by atoms with van der Waals surface area (Å²) >= 11 is 5.97. The third-order valence-electron chi connectivity index (χ3n) is 3.53. The molecule has 0 N–H and O–H groups in total. The summed E-state index contributed by atoms with van der Waals surface area (Å²) in [5, 5.41) is 9.87. The molecule has 0 aromatic heterocycles. The normalized spacial score (nSPS) is 23.9. The molecule has 3 heteroatoms. The molecule has 2 unspecified atom stereocenters. The van der Waals surface area contributed by atoms with Crippen LogP contribution in [-0.4, -0.2) is 18.0 Å². The van der Waals surface area contributed by atoms with Gasteiger partial charge in [-0.3, -0.25) is 4.90 Å². The second-order valence-electron chi connectivity index (χ2n) is 4.78. The minimum atomic E-state index is 0.194. The molecule has 0 radical (unpaired) electrons. The Bertz CT molecular complexity index is 424. The van der Waals surface area contributed by atoms with Crippen molar-refractivity contribution in [2.24, 2.45) is 5.92 Å². The van der Waals surface area contributed by atoms with E-state index in [0.29, 0.717) is 6.04 Å². The molecule has 90 valence electrons. The lowest BCUT2D eigenvalue weighted by molar-refractivity contribution is 0.212. The van der Waals surface area contributed by atoms with E-state index in [9.17, 15) is 0 Å². The fraction of sp³-hybridized carbons (Fsp3) is 0.500. The number of benzene rings is 1. The van der Waals surface area contributed by atoms with E-state index in [-0.39, 0.29) is 5.92 Å². The predicted octanol–water partition coefficient (Wildman–Crippen LogP) is 3.46. The van der Waals surface area contributed by atoms with Crippen LogP contribution < -0.4 is 0 Å². The smallest absolute Gasteiger partial charge is 0.0672 e. The van der Waals surface area contributed by atoms with Crippen molar-refractivity contribution in [3.8, 4) is 6.07 Å². The summed E-state index contributed by atoms with van der Waals surface area (Å²) in [7, 11) is 2.10. The zero-order valence-corrected chi connectivity index (χ0v) is 10.8. The van der Waals surface area contributed by atoms with Crippen molar-refractivity contribution >= 4 is 11.6 Å². The maximum atomic E-state index is 9.10. The van der Waals surface area contributed by atoms with Crippen molar-refractivity contribution in [1.82, 2.24) is 4.90 Å². The summed E-state index contributed by atoms with van der Waals surface area (Å²) in [6.07, 6.45) is 3.35. The molecular weight excluding hydrogens is 232 g/mol. The van der Waals surface area contributed by atoms with E-state index >= 15 is 0 Å². The number of halogens is 1. The lowest BCUT2D eigenvalue weighted by atomic mass is 10.0. The van der Waals surface area contributed by atoms with E-state index < -0.39 is 0 Å². The molecule has 2 rings (SSSR count). The first-order chi connectivity index (χ1) is 8.20. The van der Waals surface area contributed by atoms with Gasteiger partial charge in [-0.2, -0.15) is 5.26 Å². The third-order valence-corrected chi connectivity index (χ3v) is 3.77. The Morgan fingerprint density at radius 3 is 3.00 bits per heavy atom. The van der Waals surface area contributed by atoms with Crippen LogP contribution in [0.15, 0.2) is 24.3 Å². The van der Waals surface area contributed by atoms with Gasteiger partial charge in [0.25, 0.3) is 0 Å². The average Bonchev–Trinajstić information content (AvgIpc) is 2.77. The van der Waals surface area contributed by atoms with E-state index in [1.165, 1.54) is 12.0 Å². The quantitative estimate of drug-likeness (QED) is 0.819. The summed E-state index contributed by atoms with van der Waals surface area (Å²) in [5.41, 5.74) is 1.21. The van der Waals surface area contributed by atoms with E-state index in [1.807, 2.05) is 18.2 Å². The Balaban J connectivity index is 2.02. The van der Waals surface area contributed by atoms with Gasteiger partial charge in [-0.25, -0.2) is 0 Å². The molecule has 0 saturated heterocycles. The first-order valence-corrected chi connectivity index (χ1v) is 6.43. The Morgan fingerprint density at radius 1 is 1.47 bits per heavy atom. The summed E-state index contributed by atoms with van der Waals surface area (Å²) < 4.78 is 0. The van der Waals surface area contributed by atoms with Crippen LogP contribution in [0.2, 0.25) is 5.02 Å². The zero-order chi connectivity index (χ0) is 12.3. The van der Waals surface area contributed by atoms with Gasteiger partial charge in [-0.05, 0) is 37.6 Å². The van der Waals surface area contributed by atoms with Crippen molar-refractivity contribution in [1.29, 1.82) is 5.26 Å². The van der Waals surface area contributed by atoms with Crippen molar-refractivity contribution < 1.29 is 0 Å². The summed E-state index contributed by atoms with van der Waals surface area (Å²) in [6, 6.07) is 10.8. The van der Waals surface area contributed by atoms with E-state index in [4.69, 9.17) is 16.9 Å². The fourth-order valence-corrected chi connectivity index (χ4v) is 2.87. The summed E-state index contributed by atoms with van der Waals surface area (Å²) in [5.74, 6) is 0.194. The molecule has 1 fully saturated rings. The van der Waals surface area contributed by atoms with Gasteiger partial charge in [0, 0.05) is 17.6 Å². The first-order valence-electron chi connectivity index (χ1n) is 6.05. The Labute approximate surface area is 108 Å². The van der Waals surface area contributed by atoms with Crippen LogP contribution in [0.25, 0.3) is 0 Å². The Morgan fingerprint density at radius 2 is 2.29 bits per heavy atom. The number of hydrogen-bond acceptors (Lipinski definition) is 2. The van der Waals surface area contributed by atoms with Gasteiger partial charge in [0.15, 0.2) is 0 Å². The summed E-state index contributed by atoms with van der Waals surface area (Å²) in [6.45, 7) is 0.864. The Hall–Kier alpha value is -1.04. The van der Waals surface area contributed by atoms with E-state index in [1.54, 1.807) is 0 Å². The van der Waals surface area contributed by atoms with Crippen molar-refractivity contribution in [2.45, 2.75) is 31.8 Å². The van der Waals surface area contributed by atoms with Gasteiger partial charge in [-0.1, -0.05) is 30.2 Å². The lowest BCUT2D eigenvalue weighted by Gasteiger charge is -2.26. The molecule has 0 spiro atoms. The van der Waals surface area contributed by atoms with Gasteiger partial charge >= 0.3 is 0 Å². The zero-order valence-electron chi connectivity index (χ0n) is 10.1. The second-order valence-corrected chi connectivity index (χ2v) is 5.22. The van der Waals surface area contributed by atoms with Gasteiger partial charge in [0.1, 0.15) is 0 Å². The molecule has 0 amide bonds. The average molecular weight is 249 g/mol. The maximum Gasteiger partial charge on any atom is 0.0672 e. The molecule has 1 aromatic rings. The largest absolute Gasteiger partial charge is 0.298 e. The van der Waals surface area contributed by atoms with Gasteiger partial charge in [0.2, 0.25) is 0 Å². The number of nitrogens with zero attached hydrogens (tertiary/aromatic N) is 2. The fourth-order valence-electron chi connectivity index (χ4n) is 2.66. The molecule has 17 heavy (non-hydrogen) atoms. The highest BCUT2D eigenvalue weighted by atomic mass is 35.5. The highest BCUT2D eigenvalue weighted by molar-refractivity contribution is 6.30. The minimum absolute atomic E-state index is 0.194. The minimum Gasteiger partial charge on any atom is -0.298 e. The van der Waals surface area contributed by atoms with Crippen LogP contribution in [0.1, 0.15) is 24.8 Å². The maximum absolute atomic E-state index is 9.10. The van der Waals surface area contributed by atoms with Crippen LogP contribution in [0.5, 0.6) is 0 Å². The van der Waals surface area contributed by atoms with Crippen LogP contribution in [-0.2, 0) is 6.54 Å². The molecule has 2 nitrogen and oxygen atoms in total. The predicted molar refractivity (Wildman–Crippen MR) is 69.7 cm³/mol. The number of hydrogen-bond donors (Lipinski definition) is 0. The first kappa shape index (κ1) is 12.4. The standard InChI is InChI=1S/C14H17ClN2/c1-17(14-7-3-5-12(14)9-16)10-11-4-2-6-13(15)8-11/h2,4,6,8,12,14H,3,5,7,10H2,1H3. The summed E-state index contributed by atoms with van der Waals surface area (Å²) in [4.78, 5) is 2.28. The van der Waals surface area contributed by atoms with Crippen LogP contribution in [0.3, 0.4) is 0 Å². The topological polar surface area (TPSA) is 27.0 Å². The van der Waals surface area contributed by atoms with Gasteiger partial charge in [0.05, 0.1) is 12.0 Å². The van der Waals surface area contributed by atoms with Crippen molar-refractivity contribution in [3.05, 3.63) is 34.9 Å². The highest BCUT2D eigenvalue weighted by Gasteiger charge is 2.30. The van der Waals surface area contributed by atoms with Crippen molar-refractivity contribution in [2.75, 3.05) is 7.05 Å². The second kappa shape index (κ2) is 5.53. The monoisotopic (exact) mass is 248 g/mol. The molecule has 1 aliphatic rings. The van der Waals surface area contributed by atoms with E-state index in [0.717, 1.165) is 24.4 Å². The molecule has 1 aliphatic carbocycles. The van der Waals surface area contributed by atoms with Crippen LogP contribution >= 0.6 is 11.6 Å². The number of nitriles is 1. The lowest BCUT2D eigenvalue weighted by Crippen LogP contribution is -2.33. The number of rotatable bonds is 3. The molecule has 1 saturated carbocycles.